The minimum absolute atomic E-state index is 0.173. The summed E-state index contributed by atoms with van der Waals surface area (Å²) in [4.78, 5) is 11.7. The van der Waals surface area contributed by atoms with E-state index < -0.39 is 0 Å². The molecular formula is C12H17N3O3. The molecule has 0 fully saturated rings. The van der Waals surface area contributed by atoms with Crippen molar-refractivity contribution in [2.45, 2.75) is 26.3 Å². The fourth-order valence-corrected chi connectivity index (χ4v) is 1.56. The molecule has 6 nitrogen and oxygen atoms in total. The summed E-state index contributed by atoms with van der Waals surface area (Å²) in [6.07, 6.45) is 0. The molecule has 6 heteroatoms. The number of nitrogens with one attached hydrogen (secondary N) is 2. The van der Waals surface area contributed by atoms with E-state index in [1.807, 2.05) is 20.8 Å². The van der Waals surface area contributed by atoms with Gasteiger partial charge in [0.25, 0.3) is 0 Å². The van der Waals surface area contributed by atoms with Gasteiger partial charge in [-0.2, -0.15) is 0 Å². The van der Waals surface area contributed by atoms with Crippen LogP contribution >= 0.6 is 0 Å². The molecule has 1 aliphatic heterocycles. The molecule has 0 saturated heterocycles. The molecule has 1 aromatic rings. The maximum atomic E-state index is 11.7. The number of ether oxygens (including phenoxy) is 2. The maximum absolute atomic E-state index is 11.7. The second-order valence-corrected chi connectivity index (χ2v) is 5.12. The van der Waals surface area contributed by atoms with Gasteiger partial charge in [-0.1, -0.05) is 0 Å². The second kappa shape index (κ2) is 4.29. The van der Waals surface area contributed by atoms with E-state index in [0.717, 1.165) is 0 Å². The molecule has 2 rings (SSSR count). The predicted octanol–water partition coefficient (Wildman–Crippen LogP) is 1.92. The van der Waals surface area contributed by atoms with Gasteiger partial charge in [0.2, 0.25) is 6.79 Å². The van der Waals surface area contributed by atoms with Gasteiger partial charge in [-0.25, -0.2) is 4.79 Å². The highest BCUT2D eigenvalue weighted by molar-refractivity contribution is 5.93. The number of urea groups is 1. The second-order valence-electron chi connectivity index (χ2n) is 5.12. The van der Waals surface area contributed by atoms with Crippen LogP contribution in [0.25, 0.3) is 0 Å². The summed E-state index contributed by atoms with van der Waals surface area (Å²) in [5, 5.41) is 5.47. The Morgan fingerprint density at radius 1 is 1.28 bits per heavy atom. The van der Waals surface area contributed by atoms with Gasteiger partial charge in [-0.3, -0.25) is 0 Å². The quantitative estimate of drug-likeness (QED) is 0.665. The van der Waals surface area contributed by atoms with Crippen molar-refractivity contribution in [3.8, 4) is 11.5 Å². The minimum atomic E-state index is -0.312. The van der Waals surface area contributed by atoms with Gasteiger partial charge in [-0.05, 0) is 20.8 Å². The van der Waals surface area contributed by atoms with Crippen molar-refractivity contribution in [2.75, 3.05) is 17.8 Å². The lowest BCUT2D eigenvalue weighted by atomic mass is 10.1. The van der Waals surface area contributed by atoms with Crippen LogP contribution in [0.3, 0.4) is 0 Å². The highest BCUT2D eigenvalue weighted by Crippen LogP contribution is 2.38. The minimum Gasteiger partial charge on any atom is -0.454 e. The van der Waals surface area contributed by atoms with Gasteiger partial charge >= 0.3 is 6.03 Å². The average molecular weight is 251 g/mol. The van der Waals surface area contributed by atoms with Crippen molar-refractivity contribution in [3.63, 3.8) is 0 Å². The highest BCUT2D eigenvalue weighted by Gasteiger charge is 2.18. The molecule has 98 valence electrons. The third-order valence-electron chi connectivity index (χ3n) is 2.28. The van der Waals surface area contributed by atoms with Crippen molar-refractivity contribution >= 4 is 17.4 Å². The third-order valence-corrected chi connectivity index (χ3v) is 2.28. The van der Waals surface area contributed by atoms with E-state index >= 15 is 0 Å². The third kappa shape index (κ3) is 2.77. The molecular weight excluding hydrogens is 234 g/mol. The van der Waals surface area contributed by atoms with Crippen molar-refractivity contribution in [1.82, 2.24) is 5.32 Å². The first-order valence-electron chi connectivity index (χ1n) is 5.63. The zero-order valence-corrected chi connectivity index (χ0v) is 10.7. The van der Waals surface area contributed by atoms with Crippen LogP contribution in [0.15, 0.2) is 12.1 Å². The monoisotopic (exact) mass is 251 g/mol. The van der Waals surface area contributed by atoms with Crippen molar-refractivity contribution in [3.05, 3.63) is 12.1 Å². The smallest absolute Gasteiger partial charge is 0.319 e. The van der Waals surface area contributed by atoms with Crippen molar-refractivity contribution in [2.24, 2.45) is 0 Å². The lowest BCUT2D eigenvalue weighted by Gasteiger charge is -2.21. The Morgan fingerprint density at radius 2 is 1.89 bits per heavy atom. The van der Waals surface area contributed by atoms with Crippen molar-refractivity contribution < 1.29 is 14.3 Å². The van der Waals surface area contributed by atoms with E-state index in [1.165, 1.54) is 0 Å². The fourth-order valence-electron chi connectivity index (χ4n) is 1.56. The van der Waals surface area contributed by atoms with Crippen LogP contribution in [0.2, 0.25) is 0 Å². The summed E-state index contributed by atoms with van der Waals surface area (Å²) < 4.78 is 10.4. The lowest BCUT2D eigenvalue weighted by molar-refractivity contribution is 0.174. The molecule has 2 amide bonds. The first kappa shape index (κ1) is 12.3. The maximum Gasteiger partial charge on any atom is 0.319 e. The molecule has 0 atom stereocenters. The number of nitrogen functional groups attached to an aromatic ring is 1. The standard InChI is InChI=1S/C12H17N3O3/c1-12(2,3)15-11(16)14-8-5-10-9(4-7(8)13)17-6-18-10/h4-5H,6,13H2,1-3H3,(H2,14,15,16). The largest absolute Gasteiger partial charge is 0.454 e. The fraction of sp³-hybridized carbons (Fsp3) is 0.417. The number of nitrogens with two attached hydrogens (primary N) is 1. The van der Waals surface area contributed by atoms with Gasteiger partial charge in [-0.15, -0.1) is 0 Å². The predicted molar refractivity (Wildman–Crippen MR) is 68.9 cm³/mol. The summed E-state index contributed by atoms with van der Waals surface area (Å²) in [5.41, 5.74) is 6.45. The molecule has 0 spiro atoms. The van der Waals surface area contributed by atoms with E-state index in [2.05, 4.69) is 10.6 Å². The number of amides is 2. The molecule has 4 N–H and O–H groups in total. The number of hydrogen-bond donors (Lipinski definition) is 3. The Balaban J connectivity index is 2.12. The number of carbonyl (C=O) groups excluding carboxylic acids is 1. The average Bonchev–Trinajstić information content (AvgIpc) is 2.62. The van der Waals surface area contributed by atoms with E-state index in [-0.39, 0.29) is 18.4 Å². The van der Waals surface area contributed by atoms with Gasteiger partial charge in [0.15, 0.2) is 11.5 Å². The number of carbonyl (C=O) groups is 1. The van der Waals surface area contributed by atoms with Crippen LogP contribution in [-0.2, 0) is 0 Å². The van der Waals surface area contributed by atoms with E-state index in [4.69, 9.17) is 15.2 Å². The molecule has 0 bridgehead atoms. The summed E-state index contributed by atoms with van der Waals surface area (Å²) in [6, 6.07) is 2.97. The molecule has 1 aliphatic rings. The lowest BCUT2D eigenvalue weighted by Crippen LogP contribution is -2.43. The summed E-state index contributed by atoms with van der Waals surface area (Å²) in [7, 11) is 0. The Hall–Kier alpha value is -2.11. The van der Waals surface area contributed by atoms with Crippen LogP contribution in [0, 0.1) is 0 Å². The van der Waals surface area contributed by atoms with E-state index in [0.29, 0.717) is 22.9 Å². The Kier molecular flexibility index (Phi) is 2.94. The van der Waals surface area contributed by atoms with Gasteiger partial charge in [0.1, 0.15) is 0 Å². The molecule has 0 radical (unpaired) electrons. The Bertz CT molecular complexity index is 480. The van der Waals surface area contributed by atoms with Crippen LogP contribution in [-0.4, -0.2) is 18.4 Å². The van der Waals surface area contributed by atoms with Gasteiger partial charge in [0, 0.05) is 17.7 Å². The van der Waals surface area contributed by atoms with Crippen LogP contribution in [0.1, 0.15) is 20.8 Å². The summed E-state index contributed by atoms with van der Waals surface area (Å²) in [6.45, 7) is 5.87. The molecule has 1 aromatic carbocycles. The molecule has 0 aliphatic carbocycles. The number of hydrogen-bond acceptors (Lipinski definition) is 4. The van der Waals surface area contributed by atoms with Gasteiger partial charge in [0.05, 0.1) is 11.4 Å². The van der Waals surface area contributed by atoms with E-state index in [9.17, 15) is 4.79 Å². The van der Waals surface area contributed by atoms with Crippen LogP contribution in [0.4, 0.5) is 16.2 Å². The topological polar surface area (TPSA) is 85.6 Å². The molecule has 18 heavy (non-hydrogen) atoms. The SMILES string of the molecule is CC(C)(C)NC(=O)Nc1cc2c(cc1N)OCO2. The molecule has 1 heterocycles. The highest BCUT2D eigenvalue weighted by atomic mass is 16.7. The number of rotatable bonds is 1. The molecule has 0 unspecified atom stereocenters. The first-order valence-corrected chi connectivity index (χ1v) is 5.63. The number of fused-ring (bicyclic) bond motifs is 1. The van der Waals surface area contributed by atoms with Gasteiger partial charge < -0.3 is 25.8 Å². The normalized spacial score (nSPS) is 13.3. The van der Waals surface area contributed by atoms with E-state index in [1.54, 1.807) is 12.1 Å². The number of anilines is 2. The Morgan fingerprint density at radius 3 is 2.50 bits per heavy atom. The zero-order valence-electron chi connectivity index (χ0n) is 10.7. The number of benzene rings is 1. The van der Waals surface area contributed by atoms with Crippen LogP contribution in [0.5, 0.6) is 11.5 Å². The Labute approximate surface area is 105 Å². The molecule has 0 saturated carbocycles. The van der Waals surface area contributed by atoms with Crippen molar-refractivity contribution in [1.29, 1.82) is 0 Å². The molecule has 0 aromatic heterocycles. The van der Waals surface area contributed by atoms with Crippen LogP contribution < -0.4 is 25.8 Å². The zero-order chi connectivity index (χ0) is 13.3. The summed E-state index contributed by atoms with van der Waals surface area (Å²) >= 11 is 0. The summed E-state index contributed by atoms with van der Waals surface area (Å²) in [5.74, 6) is 1.17. The first-order chi connectivity index (χ1) is 8.35.